The summed E-state index contributed by atoms with van der Waals surface area (Å²) in [5.74, 6) is -0.607. The molecule has 1 heterocycles. The first-order valence-corrected chi connectivity index (χ1v) is 8.95. The summed E-state index contributed by atoms with van der Waals surface area (Å²) in [4.78, 5) is 23.3. The Morgan fingerprint density at radius 2 is 2.18 bits per heavy atom. The van der Waals surface area contributed by atoms with Crippen molar-refractivity contribution < 1.29 is 14.7 Å². The molecule has 118 valence electrons. The third-order valence-electron chi connectivity index (χ3n) is 3.29. The van der Waals surface area contributed by atoms with E-state index in [1.165, 1.54) is 0 Å². The largest absolute Gasteiger partial charge is 0.480 e. The second kappa shape index (κ2) is 7.69. The van der Waals surface area contributed by atoms with Crippen LogP contribution in [-0.4, -0.2) is 39.6 Å². The SMILES string of the molecule is CSCC[C@@H](NC(=O)Cn1ccc2ccc(Br)cc21)C(=O)O. The molecule has 5 nitrogen and oxygen atoms in total. The predicted octanol–water partition coefficient (Wildman–Crippen LogP) is 2.73. The number of carbonyl (C=O) groups is 2. The van der Waals surface area contributed by atoms with E-state index in [-0.39, 0.29) is 12.5 Å². The Morgan fingerprint density at radius 1 is 1.41 bits per heavy atom. The van der Waals surface area contributed by atoms with Crippen molar-refractivity contribution in [3.05, 3.63) is 34.9 Å². The Labute approximate surface area is 141 Å². The maximum Gasteiger partial charge on any atom is 0.326 e. The first-order valence-electron chi connectivity index (χ1n) is 6.76. The van der Waals surface area contributed by atoms with Gasteiger partial charge in [-0.2, -0.15) is 11.8 Å². The van der Waals surface area contributed by atoms with Gasteiger partial charge < -0.3 is 15.0 Å². The molecule has 1 atom stereocenters. The molecule has 0 aliphatic carbocycles. The standard InChI is InChI=1S/C15H17BrN2O3S/c1-22-7-5-12(15(20)21)17-14(19)9-18-6-4-10-2-3-11(16)8-13(10)18/h2-4,6,8,12H,5,7,9H2,1H3,(H,17,19)(H,20,21)/t12-/m1/s1. The van der Waals surface area contributed by atoms with Crippen LogP contribution in [0.5, 0.6) is 0 Å². The summed E-state index contributed by atoms with van der Waals surface area (Å²) in [6.45, 7) is 0.100. The van der Waals surface area contributed by atoms with Gasteiger partial charge in [-0.1, -0.05) is 22.0 Å². The third-order valence-corrected chi connectivity index (χ3v) is 4.43. The highest BCUT2D eigenvalue weighted by molar-refractivity contribution is 9.10. The smallest absolute Gasteiger partial charge is 0.326 e. The van der Waals surface area contributed by atoms with E-state index < -0.39 is 12.0 Å². The number of hydrogen-bond acceptors (Lipinski definition) is 3. The van der Waals surface area contributed by atoms with E-state index in [0.29, 0.717) is 12.2 Å². The monoisotopic (exact) mass is 384 g/mol. The molecule has 0 saturated carbocycles. The van der Waals surface area contributed by atoms with Crippen LogP contribution in [0.1, 0.15) is 6.42 Å². The molecule has 1 aromatic carbocycles. The number of aromatic nitrogens is 1. The van der Waals surface area contributed by atoms with Gasteiger partial charge in [0.05, 0.1) is 0 Å². The molecule has 7 heteroatoms. The van der Waals surface area contributed by atoms with E-state index in [0.717, 1.165) is 15.4 Å². The maximum atomic E-state index is 12.1. The fourth-order valence-corrected chi connectivity index (χ4v) is 3.00. The van der Waals surface area contributed by atoms with Gasteiger partial charge in [-0.05, 0) is 42.0 Å². The molecular weight excluding hydrogens is 368 g/mol. The number of carbonyl (C=O) groups excluding carboxylic acids is 1. The first kappa shape index (κ1) is 16.9. The third kappa shape index (κ3) is 4.27. The van der Waals surface area contributed by atoms with E-state index >= 15 is 0 Å². The number of amides is 1. The minimum Gasteiger partial charge on any atom is -0.480 e. The van der Waals surface area contributed by atoms with E-state index in [9.17, 15) is 9.59 Å². The number of carboxylic acid groups (broad SMARTS) is 1. The lowest BCUT2D eigenvalue weighted by atomic mass is 10.2. The van der Waals surface area contributed by atoms with Crippen molar-refractivity contribution >= 4 is 50.5 Å². The Balaban J connectivity index is 2.06. The first-order chi connectivity index (χ1) is 10.5. The van der Waals surface area contributed by atoms with Gasteiger partial charge >= 0.3 is 5.97 Å². The van der Waals surface area contributed by atoms with Crippen LogP contribution in [0.15, 0.2) is 34.9 Å². The summed E-state index contributed by atoms with van der Waals surface area (Å²) >= 11 is 4.97. The van der Waals surface area contributed by atoms with Crippen LogP contribution < -0.4 is 5.32 Å². The summed E-state index contributed by atoms with van der Waals surface area (Å²) in [6.07, 6.45) is 4.15. The normalized spacial score (nSPS) is 12.3. The lowest BCUT2D eigenvalue weighted by Gasteiger charge is -2.14. The van der Waals surface area contributed by atoms with E-state index in [2.05, 4.69) is 21.2 Å². The van der Waals surface area contributed by atoms with Gasteiger partial charge in [-0.3, -0.25) is 4.79 Å². The summed E-state index contributed by atoms with van der Waals surface area (Å²) in [5, 5.41) is 12.8. The van der Waals surface area contributed by atoms with Crippen molar-refractivity contribution in [2.75, 3.05) is 12.0 Å². The number of fused-ring (bicyclic) bond motifs is 1. The second-order valence-electron chi connectivity index (χ2n) is 4.89. The Kier molecular flexibility index (Phi) is 5.90. The predicted molar refractivity (Wildman–Crippen MR) is 92.2 cm³/mol. The second-order valence-corrected chi connectivity index (χ2v) is 6.79. The molecule has 0 bridgehead atoms. The molecular formula is C15H17BrN2O3S. The van der Waals surface area contributed by atoms with Crippen molar-refractivity contribution in [3.8, 4) is 0 Å². The number of nitrogens with zero attached hydrogens (tertiary/aromatic N) is 1. The van der Waals surface area contributed by atoms with Crippen LogP contribution in [0.25, 0.3) is 10.9 Å². The van der Waals surface area contributed by atoms with Crippen LogP contribution >= 0.6 is 27.7 Å². The summed E-state index contributed by atoms with van der Waals surface area (Å²) in [7, 11) is 0. The fraction of sp³-hybridized carbons (Fsp3) is 0.333. The van der Waals surface area contributed by atoms with Gasteiger partial charge in [0.15, 0.2) is 0 Å². The number of nitrogens with one attached hydrogen (secondary N) is 1. The molecule has 22 heavy (non-hydrogen) atoms. The number of carboxylic acids is 1. The van der Waals surface area contributed by atoms with Gasteiger partial charge in [0.25, 0.3) is 0 Å². The summed E-state index contributed by atoms with van der Waals surface area (Å²) in [5.41, 5.74) is 0.931. The minimum absolute atomic E-state index is 0.100. The average Bonchev–Trinajstić information content (AvgIpc) is 2.85. The highest BCUT2D eigenvalue weighted by atomic mass is 79.9. The van der Waals surface area contributed by atoms with Crippen molar-refractivity contribution in [2.24, 2.45) is 0 Å². The van der Waals surface area contributed by atoms with Gasteiger partial charge in [0.1, 0.15) is 12.6 Å². The van der Waals surface area contributed by atoms with Crippen LogP contribution in [0.2, 0.25) is 0 Å². The Bertz CT molecular complexity index is 686. The number of benzene rings is 1. The zero-order chi connectivity index (χ0) is 16.1. The lowest BCUT2D eigenvalue weighted by Crippen LogP contribution is -2.42. The number of aliphatic carboxylic acids is 1. The summed E-state index contributed by atoms with van der Waals surface area (Å²) in [6, 6.07) is 6.93. The van der Waals surface area contributed by atoms with Crippen molar-refractivity contribution in [3.63, 3.8) is 0 Å². The summed E-state index contributed by atoms with van der Waals surface area (Å²) < 4.78 is 2.74. The van der Waals surface area contributed by atoms with Crippen LogP contribution in [0, 0.1) is 0 Å². The zero-order valence-electron chi connectivity index (χ0n) is 12.1. The number of hydrogen-bond donors (Lipinski definition) is 2. The molecule has 1 amide bonds. The molecule has 0 fully saturated rings. The molecule has 2 N–H and O–H groups in total. The number of thioether (sulfide) groups is 1. The van der Waals surface area contributed by atoms with Crippen LogP contribution in [0.3, 0.4) is 0 Å². The van der Waals surface area contributed by atoms with Crippen LogP contribution in [0.4, 0.5) is 0 Å². The molecule has 0 spiro atoms. The van der Waals surface area contributed by atoms with Gasteiger partial charge in [0, 0.05) is 16.2 Å². The van der Waals surface area contributed by atoms with Crippen molar-refractivity contribution in [2.45, 2.75) is 19.0 Å². The van der Waals surface area contributed by atoms with Gasteiger partial charge in [-0.25, -0.2) is 4.79 Å². The van der Waals surface area contributed by atoms with Crippen LogP contribution in [-0.2, 0) is 16.1 Å². The maximum absolute atomic E-state index is 12.1. The van der Waals surface area contributed by atoms with E-state index in [1.807, 2.05) is 41.3 Å². The van der Waals surface area contributed by atoms with Crippen molar-refractivity contribution in [1.82, 2.24) is 9.88 Å². The zero-order valence-corrected chi connectivity index (χ0v) is 14.5. The molecule has 1 aromatic heterocycles. The lowest BCUT2D eigenvalue weighted by molar-refractivity contribution is -0.141. The van der Waals surface area contributed by atoms with Gasteiger partial charge in [0.2, 0.25) is 5.91 Å². The average molecular weight is 385 g/mol. The molecule has 0 unspecified atom stereocenters. The van der Waals surface area contributed by atoms with Crippen molar-refractivity contribution in [1.29, 1.82) is 0 Å². The topological polar surface area (TPSA) is 71.3 Å². The molecule has 2 aromatic rings. The fourth-order valence-electron chi connectivity index (χ4n) is 2.18. The molecule has 0 radical (unpaired) electrons. The number of rotatable bonds is 7. The van der Waals surface area contributed by atoms with E-state index in [4.69, 9.17) is 5.11 Å². The molecule has 0 aliphatic heterocycles. The Morgan fingerprint density at radius 3 is 2.86 bits per heavy atom. The number of halogens is 1. The van der Waals surface area contributed by atoms with Gasteiger partial charge in [-0.15, -0.1) is 0 Å². The highest BCUT2D eigenvalue weighted by Gasteiger charge is 2.19. The van der Waals surface area contributed by atoms with E-state index in [1.54, 1.807) is 11.8 Å². The highest BCUT2D eigenvalue weighted by Crippen LogP contribution is 2.20. The molecule has 0 aliphatic rings. The Hall–Kier alpha value is -1.47. The quantitative estimate of drug-likeness (QED) is 0.769. The minimum atomic E-state index is -0.998. The molecule has 2 rings (SSSR count). The molecule has 0 saturated heterocycles.